The molecule has 1 aromatic carbocycles. The van der Waals surface area contributed by atoms with Gasteiger partial charge in [-0.1, -0.05) is 29.8 Å². The molecule has 0 radical (unpaired) electrons. The lowest BCUT2D eigenvalue weighted by atomic mass is 10.1. The summed E-state index contributed by atoms with van der Waals surface area (Å²) in [7, 11) is 0. The molecule has 154 valence electrons. The Bertz CT molecular complexity index is 906. The predicted molar refractivity (Wildman–Crippen MR) is 116 cm³/mol. The highest BCUT2D eigenvalue weighted by Crippen LogP contribution is 2.27. The van der Waals surface area contributed by atoms with E-state index in [1.165, 1.54) is 11.1 Å². The second kappa shape index (κ2) is 9.82. The van der Waals surface area contributed by atoms with Crippen LogP contribution in [0.25, 0.3) is 11.3 Å². The van der Waals surface area contributed by atoms with Gasteiger partial charge in [0.15, 0.2) is 5.82 Å². The van der Waals surface area contributed by atoms with Gasteiger partial charge >= 0.3 is 0 Å². The molecule has 0 unspecified atom stereocenters. The topological polar surface area (TPSA) is 70.3 Å². The van der Waals surface area contributed by atoms with E-state index in [1.807, 2.05) is 12.4 Å². The van der Waals surface area contributed by atoms with Crippen molar-refractivity contribution in [3.8, 4) is 11.3 Å². The minimum Gasteiger partial charge on any atom is -0.394 e. The van der Waals surface area contributed by atoms with Crippen LogP contribution >= 0.6 is 12.4 Å². The Hall–Kier alpha value is -2.48. The molecule has 1 aliphatic heterocycles. The van der Waals surface area contributed by atoms with Gasteiger partial charge in [0, 0.05) is 62.4 Å². The number of nitrogens with zero attached hydrogens (tertiary/aromatic N) is 6. The summed E-state index contributed by atoms with van der Waals surface area (Å²) in [6, 6.07) is 8.46. The van der Waals surface area contributed by atoms with E-state index in [4.69, 9.17) is 5.11 Å². The summed E-state index contributed by atoms with van der Waals surface area (Å²) >= 11 is 0. The molecule has 1 fully saturated rings. The molecule has 3 heterocycles. The van der Waals surface area contributed by atoms with Gasteiger partial charge in [-0.3, -0.25) is 14.6 Å². The lowest BCUT2D eigenvalue weighted by Gasteiger charge is -2.35. The zero-order valence-electron chi connectivity index (χ0n) is 16.6. The van der Waals surface area contributed by atoms with Crippen LogP contribution in [-0.4, -0.2) is 62.5 Å². The maximum absolute atomic E-state index is 9.02. The molecular formula is C21H27ClN6O. The molecule has 29 heavy (non-hydrogen) atoms. The summed E-state index contributed by atoms with van der Waals surface area (Å²) in [5.41, 5.74) is 4.47. The first-order valence-electron chi connectivity index (χ1n) is 9.70. The molecule has 8 heteroatoms. The third-order valence-electron chi connectivity index (χ3n) is 5.10. The van der Waals surface area contributed by atoms with Crippen LogP contribution in [0.5, 0.6) is 0 Å². The lowest BCUT2D eigenvalue weighted by molar-refractivity contribution is 0.249. The molecule has 1 aliphatic rings. The second-order valence-corrected chi connectivity index (χ2v) is 7.19. The third kappa shape index (κ3) is 5.12. The molecule has 7 nitrogen and oxygen atoms in total. The van der Waals surface area contributed by atoms with Crippen LogP contribution in [0.15, 0.2) is 49.1 Å². The lowest BCUT2D eigenvalue weighted by Crippen LogP contribution is -2.46. The van der Waals surface area contributed by atoms with Gasteiger partial charge in [-0.25, -0.2) is 4.98 Å². The Labute approximate surface area is 177 Å². The number of halogens is 1. The van der Waals surface area contributed by atoms with E-state index in [1.54, 1.807) is 17.1 Å². The van der Waals surface area contributed by atoms with Crippen LogP contribution in [0, 0.1) is 6.92 Å². The summed E-state index contributed by atoms with van der Waals surface area (Å²) in [6.45, 7) is 7.40. The van der Waals surface area contributed by atoms with Gasteiger partial charge in [0.1, 0.15) is 5.69 Å². The van der Waals surface area contributed by atoms with Crippen molar-refractivity contribution in [1.29, 1.82) is 0 Å². The highest BCUT2D eigenvalue weighted by molar-refractivity contribution is 5.85. The molecule has 1 N–H and O–H groups in total. The molecular weight excluding hydrogens is 388 g/mol. The summed E-state index contributed by atoms with van der Waals surface area (Å²) < 4.78 is 1.79. The fourth-order valence-corrected chi connectivity index (χ4v) is 3.57. The third-order valence-corrected chi connectivity index (χ3v) is 5.10. The van der Waals surface area contributed by atoms with Crippen LogP contribution in [0.4, 0.5) is 5.82 Å². The van der Waals surface area contributed by atoms with Gasteiger partial charge in [0.05, 0.1) is 19.3 Å². The Morgan fingerprint density at radius 2 is 1.72 bits per heavy atom. The van der Waals surface area contributed by atoms with Crippen LogP contribution in [0.1, 0.15) is 11.1 Å². The Morgan fingerprint density at radius 3 is 2.45 bits per heavy atom. The highest BCUT2D eigenvalue weighted by atomic mass is 35.5. The van der Waals surface area contributed by atoms with E-state index in [-0.39, 0.29) is 19.0 Å². The number of hydrogen-bond acceptors (Lipinski definition) is 6. The summed E-state index contributed by atoms with van der Waals surface area (Å²) in [5, 5.41) is 13.3. The minimum atomic E-state index is 0. The van der Waals surface area contributed by atoms with Crippen molar-refractivity contribution in [2.45, 2.75) is 20.0 Å². The Morgan fingerprint density at radius 1 is 1.00 bits per heavy atom. The monoisotopic (exact) mass is 414 g/mol. The molecule has 2 aromatic heterocycles. The fourth-order valence-electron chi connectivity index (χ4n) is 3.57. The zero-order chi connectivity index (χ0) is 19.3. The van der Waals surface area contributed by atoms with Crippen molar-refractivity contribution in [1.82, 2.24) is 24.6 Å². The minimum absolute atomic E-state index is 0. The molecule has 3 aromatic rings. The van der Waals surface area contributed by atoms with E-state index >= 15 is 0 Å². The highest BCUT2D eigenvalue weighted by Gasteiger charge is 2.21. The molecule has 0 atom stereocenters. The van der Waals surface area contributed by atoms with Crippen molar-refractivity contribution in [3.63, 3.8) is 0 Å². The molecule has 0 bridgehead atoms. The molecule has 0 amide bonds. The van der Waals surface area contributed by atoms with E-state index in [9.17, 15) is 0 Å². The van der Waals surface area contributed by atoms with E-state index in [0.29, 0.717) is 6.54 Å². The van der Waals surface area contributed by atoms with Crippen LogP contribution in [-0.2, 0) is 13.1 Å². The summed E-state index contributed by atoms with van der Waals surface area (Å²) in [5.74, 6) is 0.960. The smallest absolute Gasteiger partial charge is 0.155 e. The number of hydrogen-bond donors (Lipinski definition) is 1. The van der Waals surface area contributed by atoms with Crippen molar-refractivity contribution >= 4 is 18.2 Å². The number of benzene rings is 1. The van der Waals surface area contributed by atoms with E-state index in [2.05, 4.69) is 56.1 Å². The first kappa shape index (κ1) is 21.2. The number of aliphatic hydroxyl groups excluding tert-OH is 1. The molecule has 0 saturated carbocycles. The first-order chi connectivity index (χ1) is 13.7. The van der Waals surface area contributed by atoms with Gasteiger partial charge < -0.3 is 10.0 Å². The largest absolute Gasteiger partial charge is 0.394 e. The number of aryl methyl sites for hydroxylation is 1. The average Bonchev–Trinajstić information content (AvgIpc) is 3.16. The van der Waals surface area contributed by atoms with Gasteiger partial charge in [-0.05, 0) is 6.92 Å². The van der Waals surface area contributed by atoms with Crippen LogP contribution in [0.2, 0.25) is 0 Å². The van der Waals surface area contributed by atoms with Crippen molar-refractivity contribution < 1.29 is 5.11 Å². The first-order valence-corrected chi connectivity index (χ1v) is 9.70. The number of aliphatic hydroxyl groups is 1. The molecule has 4 rings (SSSR count). The summed E-state index contributed by atoms with van der Waals surface area (Å²) in [4.78, 5) is 14.0. The SMILES string of the molecule is Cc1ccc(-c2nccnc2N2CCN(Cc3cnn(CCO)c3)CC2)cc1.Cl. The van der Waals surface area contributed by atoms with Gasteiger partial charge in [0.25, 0.3) is 0 Å². The summed E-state index contributed by atoms with van der Waals surface area (Å²) in [6.07, 6.45) is 7.44. The van der Waals surface area contributed by atoms with Gasteiger partial charge in [-0.15, -0.1) is 12.4 Å². The Kier molecular flexibility index (Phi) is 7.19. The fraction of sp³-hybridized carbons (Fsp3) is 0.381. The Balaban J connectivity index is 0.00000240. The maximum atomic E-state index is 9.02. The predicted octanol–water partition coefficient (Wildman–Crippen LogP) is 2.38. The van der Waals surface area contributed by atoms with Crippen molar-refractivity contribution in [3.05, 3.63) is 60.2 Å². The standard InChI is InChI=1S/C21H26N6O.ClH/c1-17-2-4-19(5-3-17)20-21(23-7-6-22-20)26-10-8-25(9-11-26)15-18-14-24-27(16-18)12-13-28;/h2-7,14,16,28H,8-13,15H2,1H3;1H. The maximum Gasteiger partial charge on any atom is 0.155 e. The number of anilines is 1. The van der Waals surface area contributed by atoms with Crippen molar-refractivity contribution in [2.24, 2.45) is 0 Å². The average molecular weight is 415 g/mol. The second-order valence-electron chi connectivity index (χ2n) is 7.19. The van der Waals surface area contributed by atoms with Gasteiger partial charge in [-0.2, -0.15) is 5.10 Å². The molecule has 0 spiro atoms. The quantitative estimate of drug-likeness (QED) is 0.667. The number of piperazine rings is 1. The normalized spacial score (nSPS) is 14.6. The van der Waals surface area contributed by atoms with Crippen LogP contribution in [0.3, 0.4) is 0 Å². The molecule has 1 saturated heterocycles. The number of aromatic nitrogens is 4. The number of rotatable bonds is 6. The molecule has 0 aliphatic carbocycles. The zero-order valence-corrected chi connectivity index (χ0v) is 17.4. The van der Waals surface area contributed by atoms with E-state index in [0.717, 1.165) is 49.8 Å². The van der Waals surface area contributed by atoms with E-state index < -0.39 is 0 Å². The van der Waals surface area contributed by atoms with Gasteiger partial charge in [0.2, 0.25) is 0 Å². The van der Waals surface area contributed by atoms with Crippen molar-refractivity contribution in [2.75, 3.05) is 37.7 Å². The van der Waals surface area contributed by atoms with Crippen LogP contribution < -0.4 is 4.90 Å².